The van der Waals surface area contributed by atoms with Crippen molar-refractivity contribution in [2.45, 2.75) is 13.2 Å². The number of benzene rings is 2. The van der Waals surface area contributed by atoms with Gasteiger partial charge in [-0.3, -0.25) is 10.1 Å². The predicted molar refractivity (Wildman–Crippen MR) is 73.5 cm³/mol. The third-order valence-corrected chi connectivity index (χ3v) is 2.71. The molecule has 0 atom stereocenters. The van der Waals surface area contributed by atoms with E-state index < -0.39 is 11.5 Å². The second kappa shape index (κ2) is 6.65. The summed E-state index contributed by atoms with van der Waals surface area (Å²) in [6.07, 6.45) is 0. The summed E-state index contributed by atoms with van der Waals surface area (Å²) in [5, 5.41) is 13.6. The van der Waals surface area contributed by atoms with E-state index in [9.17, 15) is 18.9 Å². The fraction of sp³-hybridized carbons (Fsp3) is 0.143. The quantitative estimate of drug-likeness (QED) is 0.650. The second-order valence-corrected chi connectivity index (χ2v) is 4.16. The topological polar surface area (TPSA) is 64.4 Å². The summed E-state index contributed by atoms with van der Waals surface area (Å²) < 4.78 is 29.0. The highest BCUT2D eigenvalue weighted by Crippen LogP contribution is 2.26. The molecule has 5 nitrogen and oxygen atoms in total. The third kappa shape index (κ3) is 4.13. The molecule has 0 bridgehead atoms. The van der Waals surface area contributed by atoms with Gasteiger partial charge in [-0.1, -0.05) is 24.3 Å². The molecule has 0 saturated carbocycles. The molecule has 0 unspecified atom stereocenters. The van der Waals surface area contributed by atoms with Crippen molar-refractivity contribution in [3.05, 3.63) is 64.2 Å². The van der Waals surface area contributed by atoms with Crippen molar-refractivity contribution in [1.29, 1.82) is 0 Å². The van der Waals surface area contributed by atoms with Crippen LogP contribution in [-0.4, -0.2) is 11.5 Å². The Balaban J connectivity index is 2.09. The van der Waals surface area contributed by atoms with E-state index in [-0.39, 0.29) is 18.0 Å². The molecular formula is C14H12F2N2O3. The summed E-state index contributed by atoms with van der Waals surface area (Å²) in [6, 6.07) is 12.3. The average molecular weight is 294 g/mol. The van der Waals surface area contributed by atoms with Gasteiger partial charge in [-0.05, 0) is 17.7 Å². The smallest absolute Gasteiger partial charge is 0.387 e. The number of nitrogens with one attached hydrogen (secondary N) is 1. The van der Waals surface area contributed by atoms with Crippen LogP contribution in [0.4, 0.5) is 20.2 Å². The Kier molecular flexibility index (Phi) is 4.65. The molecule has 1 N–H and O–H groups in total. The molecule has 0 spiro atoms. The Morgan fingerprint density at radius 1 is 1.19 bits per heavy atom. The molecular weight excluding hydrogens is 282 g/mol. The summed E-state index contributed by atoms with van der Waals surface area (Å²) in [5.74, 6) is 0.0259. The summed E-state index contributed by atoms with van der Waals surface area (Å²) in [4.78, 5) is 10.2. The van der Waals surface area contributed by atoms with E-state index in [1.807, 2.05) is 0 Å². The molecule has 0 radical (unpaired) electrons. The highest BCUT2D eigenvalue weighted by Gasteiger charge is 2.09. The molecule has 0 aromatic heterocycles. The summed E-state index contributed by atoms with van der Waals surface area (Å²) in [5.41, 5.74) is 1.03. The minimum atomic E-state index is -2.91. The maximum Gasteiger partial charge on any atom is 0.387 e. The number of halogens is 2. The number of alkyl halides is 2. The SMILES string of the molecule is O=[N+]([O-])c1cccc(CNc2ccccc2OC(F)F)c1. The lowest BCUT2D eigenvalue weighted by molar-refractivity contribution is -0.384. The highest BCUT2D eigenvalue weighted by molar-refractivity contribution is 5.56. The van der Waals surface area contributed by atoms with Gasteiger partial charge in [0.2, 0.25) is 0 Å². The summed E-state index contributed by atoms with van der Waals surface area (Å²) in [6.45, 7) is -2.66. The van der Waals surface area contributed by atoms with Crippen molar-refractivity contribution in [3.8, 4) is 5.75 Å². The van der Waals surface area contributed by atoms with Crippen LogP contribution in [0.1, 0.15) is 5.56 Å². The van der Waals surface area contributed by atoms with E-state index in [0.717, 1.165) is 0 Å². The van der Waals surface area contributed by atoms with Crippen LogP contribution in [-0.2, 0) is 6.54 Å². The molecule has 0 fully saturated rings. The lowest BCUT2D eigenvalue weighted by atomic mass is 10.2. The van der Waals surface area contributed by atoms with Crippen LogP contribution in [0.3, 0.4) is 0 Å². The van der Waals surface area contributed by atoms with Crippen molar-refractivity contribution in [1.82, 2.24) is 0 Å². The number of ether oxygens (including phenoxy) is 1. The Labute approximate surface area is 119 Å². The number of anilines is 1. The van der Waals surface area contributed by atoms with E-state index in [1.165, 1.54) is 18.2 Å². The van der Waals surface area contributed by atoms with E-state index in [4.69, 9.17) is 0 Å². The first-order valence-corrected chi connectivity index (χ1v) is 6.07. The Morgan fingerprint density at radius 2 is 1.95 bits per heavy atom. The van der Waals surface area contributed by atoms with Crippen molar-refractivity contribution < 1.29 is 18.4 Å². The van der Waals surface area contributed by atoms with Crippen LogP contribution in [0.5, 0.6) is 5.75 Å². The van der Waals surface area contributed by atoms with E-state index in [0.29, 0.717) is 11.3 Å². The van der Waals surface area contributed by atoms with Gasteiger partial charge in [0.15, 0.2) is 0 Å². The molecule has 0 aliphatic rings. The van der Waals surface area contributed by atoms with Crippen LogP contribution in [0.2, 0.25) is 0 Å². The average Bonchev–Trinajstić information content (AvgIpc) is 2.46. The van der Waals surface area contributed by atoms with Gasteiger partial charge in [0.05, 0.1) is 10.6 Å². The van der Waals surface area contributed by atoms with Gasteiger partial charge in [0.25, 0.3) is 5.69 Å². The van der Waals surface area contributed by atoms with Gasteiger partial charge in [0.1, 0.15) is 5.75 Å². The molecule has 21 heavy (non-hydrogen) atoms. The largest absolute Gasteiger partial charge is 0.433 e. The lowest BCUT2D eigenvalue weighted by Gasteiger charge is -2.12. The number of nitro groups is 1. The molecule has 2 aromatic carbocycles. The van der Waals surface area contributed by atoms with Gasteiger partial charge >= 0.3 is 6.61 Å². The first kappa shape index (κ1) is 14.7. The molecule has 2 rings (SSSR count). The minimum Gasteiger partial charge on any atom is -0.433 e. The first-order chi connectivity index (χ1) is 10.1. The number of non-ortho nitro benzene ring substituents is 1. The van der Waals surface area contributed by atoms with Crippen molar-refractivity contribution in [3.63, 3.8) is 0 Å². The maximum absolute atomic E-state index is 12.3. The molecule has 0 aliphatic carbocycles. The van der Waals surface area contributed by atoms with Gasteiger partial charge in [0, 0.05) is 18.7 Å². The van der Waals surface area contributed by atoms with Crippen LogP contribution < -0.4 is 10.1 Å². The fourth-order valence-corrected chi connectivity index (χ4v) is 1.79. The number of rotatable bonds is 6. The monoisotopic (exact) mass is 294 g/mol. The van der Waals surface area contributed by atoms with Crippen LogP contribution in [0.15, 0.2) is 48.5 Å². The number of para-hydroxylation sites is 2. The Hall–Kier alpha value is -2.70. The van der Waals surface area contributed by atoms with Crippen LogP contribution in [0.25, 0.3) is 0 Å². The molecule has 0 heterocycles. The van der Waals surface area contributed by atoms with Crippen LogP contribution >= 0.6 is 0 Å². The number of nitrogens with zero attached hydrogens (tertiary/aromatic N) is 1. The van der Waals surface area contributed by atoms with Crippen molar-refractivity contribution >= 4 is 11.4 Å². The van der Waals surface area contributed by atoms with Gasteiger partial charge in [-0.15, -0.1) is 0 Å². The maximum atomic E-state index is 12.3. The molecule has 7 heteroatoms. The molecule has 2 aromatic rings. The minimum absolute atomic E-state index is 0.0218. The molecule has 110 valence electrons. The first-order valence-electron chi connectivity index (χ1n) is 6.07. The zero-order valence-electron chi connectivity index (χ0n) is 10.8. The Bertz CT molecular complexity index is 635. The molecule has 0 aliphatic heterocycles. The fourth-order valence-electron chi connectivity index (χ4n) is 1.79. The molecule has 0 saturated heterocycles. The summed E-state index contributed by atoms with van der Waals surface area (Å²) >= 11 is 0. The van der Waals surface area contributed by atoms with E-state index in [1.54, 1.807) is 30.3 Å². The zero-order chi connectivity index (χ0) is 15.2. The van der Waals surface area contributed by atoms with Crippen molar-refractivity contribution in [2.75, 3.05) is 5.32 Å². The standard InChI is InChI=1S/C14H12F2N2O3/c15-14(16)21-13-7-2-1-6-12(13)17-9-10-4-3-5-11(8-10)18(19)20/h1-8,14,17H,9H2. The molecule has 0 amide bonds. The van der Waals surface area contributed by atoms with E-state index >= 15 is 0 Å². The second-order valence-electron chi connectivity index (χ2n) is 4.16. The Morgan fingerprint density at radius 3 is 2.67 bits per heavy atom. The normalized spacial score (nSPS) is 10.4. The van der Waals surface area contributed by atoms with Crippen LogP contribution in [0, 0.1) is 10.1 Å². The lowest BCUT2D eigenvalue weighted by Crippen LogP contribution is -2.06. The van der Waals surface area contributed by atoms with Gasteiger partial charge in [-0.25, -0.2) is 0 Å². The highest BCUT2D eigenvalue weighted by atomic mass is 19.3. The summed E-state index contributed by atoms with van der Waals surface area (Å²) in [7, 11) is 0. The van der Waals surface area contributed by atoms with Crippen molar-refractivity contribution in [2.24, 2.45) is 0 Å². The van der Waals surface area contributed by atoms with Gasteiger partial charge < -0.3 is 10.1 Å². The number of nitro benzene ring substituents is 1. The number of hydrogen-bond donors (Lipinski definition) is 1. The zero-order valence-corrected chi connectivity index (χ0v) is 10.8. The van der Waals surface area contributed by atoms with Gasteiger partial charge in [-0.2, -0.15) is 8.78 Å². The number of hydrogen-bond acceptors (Lipinski definition) is 4. The third-order valence-electron chi connectivity index (χ3n) is 2.71. The predicted octanol–water partition coefficient (Wildman–Crippen LogP) is 3.81. The van der Waals surface area contributed by atoms with E-state index in [2.05, 4.69) is 10.1 Å².